The summed E-state index contributed by atoms with van der Waals surface area (Å²) >= 11 is 0. The second-order valence-electron chi connectivity index (χ2n) is 7.04. The van der Waals surface area contributed by atoms with Crippen LogP contribution in [0.5, 0.6) is 0 Å². The Morgan fingerprint density at radius 3 is 2.77 bits per heavy atom. The van der Waals surface area contributed by atoms with Gasteiger partial charge in [0.25, 0.3) is 0 Å². The molecule has 1 fully saturated rings. The normalized spacial score (nSPS) is 20.4. The van der Waals surface area contributed by atoms with Crippen molar-refractivity contribution in [2.75, 3.05) is 5.32 Å². The van der Waals surface area contributed by atoms with Gasteiger partial charge in [0.05, 0.1) is 12.0 Å². The van der Waals surface area contributed by atoms with Gasteiger partial charge in [-0.05, 0) is 18.9 Å². The van der Waals surface area contributed by atoms with Gasteiger partial charge in [0, 0.05) is 17.5 Å². The Hall–Kier alpha value is -1.91. The van der Waals surface area contributed by atoms with Gasteiger partial charge in [0.15, 0.2) is 0 Å². The molecule has 5 heteroatoms. The SMILES string of the molecule is CC(C)c1ncc2cc3n(c2n1)C1(CCCCC1)CC(=O)N3. The van der Waals surface area contributed by atoms with Crippen molar-refractivity contribution < 1.29 is 4.79 Å². The Morgan fingerprint density at radius 2 is 2.05 bits per heavy atom. The van der Waals surface area contributed by atoms with Crippen molar-refractivity contribution in [1.29, 1.82) is 0 Å². The minimum atomic E-state index is -0.0831. The molecule has 1 N–H and O–H groups in total. The zero-order valence-electron chi connectivity index (χ0n) is 13.2. The van der Waals surface area contributed by atoms with E-state index in [1.807, 2.05) is 12.3 Å². The molecule has 1 aliphatic heterocycles. The van der Waals surface area contributed by atoms with Crippen molar-refractivity contribution in [3.63, 3.8) is 0 Å². The van der Waals surface area contributed by atoms with Crippen molar-refractivity contribution in [3.8, 4) is 0 Å². The quantitative estimate of drug-likeness (QED) is 0.875. The number of nitrogens with zero attached hydrogens (tertiary/aromatic N) is 3. The highest BCUT2D eigenvalue weighted by Gasteiger charge is 2.42. The third-order valence-electron chi connectivity index (χ3n) is 5.09. The predicted molar refractivity (Wildman–Crippen MR) is 85.9 cm³/mol. The molecule has 116 valence electrons. The first kappa shape index (κ1) is 13.7. The van der Waals surface area contributed by atoms with Gasteiger partial charge in [-0.1, -0.05) is 33.1 Å². The highest BCUT2D eigenvalue weighted by molar-refractivity contribution is 5.96. The fraction of sp³-hybridized carbons (Fsp3) is 0.588. The van der Waals surface area contributed by atoms with Gasteiger partial charge in [0.2, 0.25) is 5.91 Å². The van der Waals surface area contributed by atoms with Gasteiger partial charge >= 0.3 is 0 Å². The Bertz CT molecular complexity index is 740. The molecule has 1 spiro atoms. The summed E-state index contributed by atoms with van der Waals surface area (Å²) in [6, 6.07) is 2.02. The minimum Gasteiger partial charge on any atom is -0.312 e. The lowest BCUT2D eigenvalue weighted by Gasteiger charge is -2.42. The predicted octanol–water partition coefficient (Wildman–Crippen LogP) is 3.56. The van der Waals surface area contributed by atoms with Crippen LogP contribution < -0.4 is 5.32 Å². The zero-order valence-corrected chi connectivity index (χ0v) is 13.2. The van der Waals surface area contributed by atoms with E-state index in [-0.39, 0.29) is 11.4 Å². The lowest BCUT2D eigenvalue weighted by molar-refractivity contribution is -0.119. The summed E-state index contributed by atoms with van der Waals surface area (Å²) in [6.45, 7) is 4.22. The van der Waals surface area contributed by atoms with E-state index in [0.29, 0.717) is 12.3 Å². The van der Waals surface area contributed by atoms with Crippen molar-refractivity contribution in [3.05, 3.63) is 18.1 Å². The van der Waals surface area contributed by atoms with Crippen LogP contribution in [0, 0.1) is 0 Å². The van der Waals surface area contributed by atoms with Crippen LogP contribution in [0.4, 0.5) is 5.82 Å². The van der Waals surface area contributed by atoms with Gasteiger partial charge in [-0.25, -0.2) is 9.97 Å². The summed E-state index contributed by atoms with van der Waals surface area (Å²) < 4.78 is 2.30. The first-order valence-electron chi connectivity index (χ1n) is 8.28. The van der Waals surface area contributed by atoms with Crippen LogP contribution in [-0.2, 0) is 10.3 Å². The Morgan fingerprint density at radius 1 is 1.27 bits per heavy atom. The molecule has 0 bridgehead atoms. The van der Waals surface area contributed by atoms with E-state index in [1.54, 1.807) is 0 Å². The number of carbonyl (C=O) groups excluding carboxylic acids is 1. The minimum absolute atomic E-state index is 0.0831. The fourth-order valence-electron chi connectivity index (χ4n) is 4.03. The molecule has 1 amide bonds. The molecule has 1 saturated carbocycles. The molecule has 4 rings (SSSR count). The molecule has 0 atom stereocenters. The molecule has 0 radical (unpaired) electrons. The number of carbonyl (C=O) groups is 1. The number of hydrogen-bond donors (Lipinski definition) is 1. The highest BCUT2D eigenvalue weighted by atomic mass is 16.1. The van der Waals surface area contributed by atoms with Gasteiger partial charge in [0.1, 0.15) is 17.3 Å². The van der Waals surface area contributed by atoms with Crippen LogP contribution in [0.1, 0.15) is 64.1 Å². The van der Waals surface area contributed by atoms with E-state index < -0.39 is 0 Å². The number of fused-ring (bicyclic) bond motifs is 4. The van der Waals surface area contributed by atoms with E-state index in [1.165, 1.54) is 19.3 Å². The van der Waals surface area contributed by atoms with Crippen LogP contribution in [0.25, 0.3) is 11.0 Å². The maximum absolute atomic E-state index is 12.2. The van der Waals surface area contributed by atoms with Crippen molar-refractivity contribution >= 4 is 22.8 Å². The maximum atomic E-state index is 12.2. The number of amides is 1. The molecule has 0 unspecified atom stereocenters. The number of nitrogens with one attached hydrogen (secondary N) is 1. The van der Waals surface area contributed by atoms with Crippen molar-refractivity contribution in [2.24, 2.45) is 0 Å². The molecular weight excluding hydrogens is 276 g/mol. The summed E-state index contributed by atoms with van der Waals surface area (Å²) in [5, 5.41) is 4.05. The van der Waals surface area contributed by atoms with Crippen LogP contribution in [0.2, 0.25) is 0 Å². The number of rotatable bonds is 1. The summed E-state index contributed by atoms with van der Waals surface area (Å²) in [4.78, 5) is 21.5. The molecule has 0 aromatic carbocycles. The van der Waals surface area contributed by atoms with Crippen LogP contribution in [0.15, 0.2) is 12.3 Å². The van der Waals surface area contributed by atoms with E-state index in [2.05, 4.69) is 28.7 Å². The molecule has 2 aliphatic rings. The lowest BCUT2D eigenvalue weighted by Crippen LogP contribution is -2.44. The topological polar surface area (TPSA) is 59.8 Å². The Balaban J connectivity index is 1.95. The van der Waals surface area contributed by atoms with Crippen molar-refractivity contribution in [1.82, 2.24) is 14.5 Å². The molecule has 5 nitrogen and oxygen atoms in total. The third-order valence-corrected chi connectivity index (χ3v) is 5.09. The first-order valence-corrected chi connectivity index (χ1v) is 8.28. The standard InChI is InChI=1S/C17H22N4O/c1-11(2)15-18-10-12-8-13-19-14(22)9-17(6-4-3-5-7-17)21(13)16(12)20-15/h8,10-11H,3-7,9H2,1-2H3,(H,19,22). The van der Waals surface area contributed by atoms with Gasteiger partial charge < -0.3 is 9.88 Å². The monoisotopic (exact) mass is 298 g/mol. The zero-order chi connectivity index (χ0) is 15.3. The largest absolute Gasteiger partial charge is 0.312 e. The Kier molecular flexibility index (Phi) is 2.99. The summed E-state index contributed by atoms with van der Waals surface area (Å²) in [5.74, 6) is 2.20. The number of aromatic nitrogens is 3. The Labute approximate surface area is 130 Å². The van der Waals surface area contributed by atoms with E-state index in [9.17, 15) is 4.79 Å². The molecule has 22 heavy (non-hydrogen) atoms. The average molecular weight is 298 g/mol. The van der Waals surface area contributed by atoms with Gasteiger partial charge in [-0.15, -0.1) is 0 Å². The van der Waals surface area contributed by atoms with Crippen LogP contribution in [-0.4, -0.2) is 20.4 Å². The van der Waals surface area contributed by atoms with Gasteiger partial charge in [-0.2, -0.15) is 0 Å². The third kappa shape index (κ3) is 1.95. The molecule has 0 saturated heterocycles. The summed E-state index contributed by atoms with van der Waals surface area (Å²) in [5.41, 5.74) is 0.899. The molecule has 2 aromatic heterocycles. The van der Waals surface area contributed by atoms with Crippen LogP contribution in [0.3, 0.4) is 0 Å². The molecule has 2 aromatic rings. The average Bonchev–Trinajstić information content (AvgIpc) is 2.85. The van der Waals surface area contributed by atoms with Crippen molar-refractivity contribution in [2.45, 2.75) is 63.8 Å². The number of hydrogen-bond acceptors (Lipinski definition) is 3. The molecule has 3 heterocycles. The van der Waals surface area contributed by atoms with Gasteiger partial charge in [-0.3, -0.25) is 4.79 Å². The lowest BCUT2D eigenvalue weighted by atomic mass is 9.78. The van der Waals surface area contributed by atoms with E-state index >= 15 is 0 Å². The van der Waals surface area contributed by atoms with E-state index in [4.69, 9.17) is 4.98 Å². The van der Waals surface area contributed by atoms with Crippen LogP contribution >= 0.6 is 0 Å². The summed E-state index contributed by atoms with van der Waals surface area (Å²) in [6.07, 6.45) is 8.25. The smallest absolute Gasteiger partial charge is 0.227 e. The second-order valence-corrected chi connectivity index (χ2v) is 7.04. The fourth-order valence-corrected chi connectivity index (χ4v) is 4.03. The molecule has 1 aliphatic carbocycles. The second kappa shape index (κ2) is 4.80. The summed E-state index contributed by atoms with van der Waals surface area (Å²) in [7, 11) is 0. The first-order chi connectivity index (χ1) is 10.6. The highest BCUT2D eigenvalue weighted by Crippen LogP contribution is 2.45. The van der Waals surface area contributed by atoms with E-state index in [0.717, 1.165) is 35.5 Å². The number of anilines is 1. The molecular formula is C17H22N4O. The maximum Gasteiger partial charge on any atom is 0.227 e.